The summed E-state index contributed by atoms with van der Waals surface area (Å²) >= 11 is 0. The molecule has 0 aromatic heterocycles. The molecule has 6 N–H and O–H groups in total. The first-order valence-corrected chi connectivity index (χ1v) is 23.1. The van der Waals surface area contributed by atoms with Crippen molar-refractivity contribution in [2.45, 2.75) is 206 Å². The maximum Gasteiger partial charge on any atom is 0.306 e. The van der Waals surface area contributed by atoms with Gasteiger partial charge in [-0.2, -0.15) is 0 Å². The fourth-order valence-electron chi connectivity index (χ4n) is 8.08. The van der Waals surface area contributed by atoms with Crippen molar-refractivity contribution in [3.05, 3.63) is 0 Å². The van der Waals surface area contributed by atoms with E-state index in [-0.39, 0.29) is 74.9 Å². The summed E-state index contributed by atoms with van der Waals surface area (Å²) in [6.45, 7) is 1.77. The number of carbonyl (C=O) groups is 9. The number of Topliss-reactive ketones (excluding diaryl/α,β-unsaturated/α-hetero) is 3. The summed E-state index contributed by atoms with van der Waals surface area (Å²) in [5.74, 6) is -8.25. The van der Waals surface area contributed by atoms with E-state index in [4.69, 9.17) is 15.3 Å². The molecule has 1 aliphatic carbocycles. The summed E-state index contributed by atoms with van der Waals surface area (Å²) in [6.07, 6.45) is 19.7. The highest BCUT2D eigenvalue weighted by Gasteiger charge is 2.31. The number of hydrogen-bond acceptors (Lipinski definition) is 9. The molecule has 0 radical (unpaired) electrons. The molecule has 0 unspecified atom stereocenters. The van der Waals surface area contributed by atoms with Gasteiger partial charge in [-0.3, -0.25) is 43.2 Å². The number of carboxylic acid groups (broad SMARTS) is 4. The maximum absolute atomic E-state index is 13.1. The highest BCUT2D eigenvalue weighted by molar-refractivity contribution is 5.93. The van der Waals surface area contributed by atoms with Gasteiger partial charge in [-0.05, 0) is 70.6 Å². The first-order valence-electron chi connectivity index (χ1n) is 23.1. The summed E-state index contributed by atoms with van der Waals surface area (Å²) in [5.41, 5.74) is 0. The van der Waals surface area contributed by atoms with Crippen LogP contribution in [0, 0.1) is 23.7 Å². The molecule has 1 aliphatic rings. The average Bonchev–Trinajstić information content (AvgIpc) is 3.20. The van der Waals surface area contributed by atoms with Gasteiger partial charge in [0, 0.05) is 63.3 Å². The monoisotopic (exact) mass is 865 g/mol. The lowest BCUT2D eigenvalue weighted by atomic mass is 9.78. The zero-order chi connectivity index (χ0) is 45.4. The molecule has 0 heterocycles. The summed E-state index contributed by atoms with van der Waals surface area (Å²) in [4.78, 5) is 108. The van der Waals surface area contributed by atoms with Crippen LogP contribution in [0.5, 0.6) is 0 Å². The van der Waals surface area contributed by atoms with E-state index in [1.54, 1.807) is 0 Å². The molecule has 0 aromatic carbocycles. The summed E-state index contributed by atoms with van der Waals surface area (Å²) in [5, 5.41) is 42.1. The predicted octanol–water partition coefficient (Wildman–Crippen LogP) is 7.83. The second-order valence-electron chi connectivity index (χ2n) is 17.3. The van der Waals surface area contributed by atoms with E-state index >= 15 is 0 Å². The van der Waals surface area contributed by atoms with Crippen molar-refractivity contribution in [1.82, 2.24) is 10.6 Å². The lowest BCUT2D eigenvalue weighted by Crippen LogP contribution is -2.42. The number of amides is 2. The van der Waals surface area contributed by atoms with E-state index < -0.39 is 65.6 Å². The molecule has 0 saturated heterocycles. The summed E-state index contributed by atoms with van der Waals surface area (Å²) in [7, 11) is 0. The normalized spacial score (nSPS) is 16.5. The first kappa shape index (κ1) is 54.8. The molecule has 15 heteroatoms. The smallest absolute Gasteiger partial charge is 0.306 e. The lowest BCUT2D eigenvalue weighted by Gasteiger charge is -2.28. The Kier molecular flexibility index (Phi) is 30.1. The molecule has 1 fully saturated rings. The van der Waals surface area contributed by atoms with Crippen molar-refractivity contribution >= 4 is 53.0 Å². The van der Waals surface area contributed by atoms with E-state index in [2.05, 4.69) is 10.6 Å². The van der Waals surface area contributed by atoms with Crippen molar-refractivity contribution in [1.29, 1.82) is 0 Å². The minimum atomic E-state index is -1.26. The number of carboxylic acids is 4. The highest BCUT2D eigenvalue weighted by atomic mass is 16.4. The molecule has 0 aliphatic heterocycles. The van der Waals surface area contributed by atoms with Crippen LogP contribution >= 0.6 is 0 Å². The van der Waals surface area contributed by atoms with E-state index in [0.717, 1.165) is 51.4 Å². The number of hydrogen-bond donors (Lipinski definition) is 6. The number of ketones is 3. The average molecular weight is 865 g/mol. The van der Waals surface area contributed by atoms with Gasteiger partial charge >= 0.3 is 23.9 Å². The molecule has 348 valence electrons. The van der Waals surface area contributed by atoms with Crippen molar-refractivity contribution in [3.63, 3.8) is 0 Å². The molecule has 1 saturated carbocycles. The third-order valence-corrected chi connectivity index (χ3v) is 12.1. The van der Waals surface area contributed by atoms with E-state index in [9.17, 15) is 48.3 Å². The Labute approximate surface area is 362 Å². The van der Waals surface area contributed by atoms with Gasteiger partial charge < -0.3 is 31.1 Å². The standard InChI is InChI=1S/C46H76N2O13/c1-33(49)36(25-28-44(56)57)30-40(51)38(26-29-45(58)59)48-42(53)27-24-37(46(60)61)31-39(50)35-22-20-34(21-23-35)32-47-41(52)18-16-14-12-10-8-6-4-2-3-5-7-9-11-13-15-17-19-43(54)55/h34-38H,2-32H2,1H3,(H,47,52)(H,48,53)(H,54,55)(H,56,57)(H,58,59)(H,60,61)/t34?,35?,36-,37-,38+/m1/s1. The number of carbonyl (C=O) groups excluding carboxylic acids is 5. The Balaban J connectivity index is 2.27. The molecule has 0 aromatic rings. The molecule has 0 bridgehead atoms. The molecule has 0 spiro atoms. The Morgan fingerprint density at radius 1 is 0.492 bits per heavy atom. The number of aliphatic carboxylic acids is 4. The molecule has 1 rings (SSSR count). The minimum Gasteiger partial charge on any atom is -0.481 e. The van der Waals surface area contributed by atoms with Gasteiger partial charge in [-0.25, -0.2) is 0 Å². The zero-order valence-corrected chi connectivity index (χ0v) is 36.8. The largest absolute Gasteiger partial charge is 0.481 e. The van der Waals surface area contributed by atoms with Crippen molar-refractivity contribution in [2.75, 3.05) is 6.54 Å². The number of unbranched alkanes of at least 4 members (excludes halogenated alkanes) is 15. The first-order chi connectivity index (χ1) is 29.1. The topological polar surface area (TPSA) is 259 Å². The minimum absolute atomic E-state index is 0.0401. The summed E-state index contributed by atoms with van der Waals surface area (Å²) in [6, 6.07) is -1.26. The lowest BCUT2D eigenvalue weighted by molar-refractivity contribution is -0.145. The van der Waals surface area contributed by atoms with Crippen molar-refractivity contribution < 1.29 is 63.6 Å². The van der Waals surface area contributed by atoms with Crippen molar-refractivity contribution in [2.24, 2.45) is 23.7 Å². The Morgan fingerprint density at radius 3 is 1.39 bits per heavy atom. The maximum atomic E-state index is 13.1. The Hall–Kier alpha value is -4.17. The van der Waals surface area contributed by atoms with Gasteiger partial charge in [-0.1, -0.05) is 89.9 Å². The second kappa shape index (κ2) is 33.5. The molecule has 61 heavy (non-hydrogen) atoms. The summed E-state index contributed by atoms with van der Waals surface area (Å²) < 4.78 is 0. The van der Waals surface area contributed by atoms with Crippen LogP contribution in [0.25, 0.3) is 0 Å². The number of nitrogens with one attached hydrogen (secondary N) is 2. The molecular formula is C46H76N2O13. The Bertz CT molecular complexity index is 1370. The van der Waals surface area contributed by atoms with Gasteiger partial charge in [-0.15, -0.1) is 0 Å². The van der Waals surface area contributed by atoms with Crippen LogP contribution in [0.2, 0.25) is 0 Å². The van der Waals surface area contributed by atoms with E-state index in [1.165, 1.54) is 71.1 Å². The van der Waals surface area contributed by atoms with E-state index in [1.807, 2.05) is 0 Å². The van der Waals surface area contributed by atoms with E-state index in [0.29, 0.717) is 25.8 Å². The van der Waals surface area contributed by atoms with Crippen LogP contribution in [0.1, 0.15) is 200 Å². The van der Waals surface area contributed by atoms with Crippen LogP contribution in [0.3, 0.4) is 0 Å². The fraction of sp³-hybridized carbons (Fsp3) is 0.804. The third kappa shape index (κ3) is 28.9. The molecule has 3 atom stereocenters. The van der Waals surface area contributed by atoms with Crippen LogP contribution in [0.15, 0.2) is 0 Å². The van der Waals surface area contributed by atoms with Gasteiger partial charge in [0.1, 0.15) is 11.6 Å². The molecule has 15 nitrogen and oxygen atoms in total. The van der Waals surface area contributed by atoms with Gasteiger partial charge in [0.15, 0.2) is 5.78 Å². The fourth-order valence-corrected chi connectivity index (χ4v) is 8.08. The highest BCUT2D eigenvalue weighted by Crippen LogP contribution is 2.31. The zero-order valence-electron chi connectivity index (χ0n) is 36.8. The van der Waals surface area contributed by atoms with Crippen LogP contribution < -0.4 is 10.6 Å². The van der Waals surface area contributed by atoms with Crippen LogP contribution in [-0.2, 0) is 43.2 Å². The quantitative estimate of drug-likeness (QED) is 0.0322. The van der Waals surface area contributed by atoms with Gasteiger partial charge in [0.25, 0.3) is 0 Å². The van der Waals surface area contributed by atoms with Crippen LogP contribution in [0.4, 0.5) is 0 Å². The van der Waals surface area contributed by atoms with Gasteiger partial charge in [0.2, 0.25) is 11.8 Å². The second-order valence-corrected chi connectivity index (χ2v) is 17.3. The third-order valence-electron chi connectivity index (χ3n) is 12.1. The molecular weight excluding hydrogens is 789 g/mol. The predicted molar refractivity (Wildman–Crippen MR) is 229 cm³/mol. The Morgan fingerprint density at radius 2 is 0.934 bits per heavy atom. The van der Waals surface area contributed by atoms with Crippen molar-refractivity contribution in [3.8, 4) is 0 Å². The molecule has 2 amide bonds. The SMILES string of the molecule is CC(=O)[C@H](CCC(=O)O)CC(=O)[C@H](CCC(=O)O)NC(=O)CC[C@H](CC(=O)C1CCC(CNC(=O)CCCCCCCCCCCCCCCCCCC(=O)O)CC1)C(=O)O. The van der Waals surface area contributed by atoms with Crippen LogP contribution in [-0.4, -0.2) is 86.1 Å². The van der Waals surface area contributed by atoms with Gasteiger partial charge in [0.05, 0.1) is 12.0 Å². The number of rotatable bonds is 39.